The maximum Gasteiger partial charge on any atom is 0.236 e. The summed E-state index contributed by atoms with van der Waals surface area (Å²) >= 11 is 0. The number of hydrogen-bond acceptors (Lipinski definition) is 4. The SMILES string of the molecule is Cc1n[nH]c(C)c1N1CCN(CC(=O)N2CCCCC2)CC1. The summed E-state index contributed by atoms with van der Waals surface area (Å²) in [6.07, 6.45) is 3.60. The number of carbonyl (C=O) groups is 1. The minimum Gasteiger partial charge on any atom is -0.366 e. The zero-order valence-electron chi connectivity index (χ0n) is 13.8. The summed E-state index contributed by atoms with van der Waals surface area (Å²) < 4.78 is 0. The van der Waals surface area contributed by atoms with Gasteiger partial charge in [-0.25, -0.2) is 0 Å². The van der Waals surface area contributed by atoms with Gasteiger partial charge >= 0.3 is 0 Å². The van der Waals surface area contributed by atoms with E-state index in [0.29, 0.717) is 12.5 Å². The Morgan fingerprint density at radius 2 is 1.73 bits per heavy atom. The lowest BCUT2D eigenvalue weighted by Gasteiger charge is -2.37. The molecule has 3 heterocycles. The van der Waals surface area contributed by atoms with Crippen LogP contribution in [0.1, 0.15) is 30.7 Å². The summed E-state index contributed by atoms with van der Waals surface area (Å²) in [6.45, 7) is 10.4. The Morgan fingerprint density at radius 3 is 2.32 bits per heavy atom. The molecule has 3 rings (SSSR count). The molecular formula is C16H27N5O. The van der Waals surface area contributed by atoms with E-state index in [1.165, 1.54) is 24.9 Å². The van der Waals surface area contributed by atoms with Crippen LogP contribution < -0.4 is 4.90 Å². The Kier molecular flexibility index (Phi) is 4.66. The highest BCUT2D eigenvalue weighted by Crippen LogP contribution is 2.23. The number of anilines is 1. The summed E-state index contributed by atoms with van der Waals surface area (Å²) in [7, 11) is 0. The Hall–Kier alpha value is -1.56. The monoisotopic (exact) mass is 305 g/mol. The second-order valence-corrected chi connectivity index (χ2v) is 6.49. The molecule has 1 amide bonds. The van der Waals surface area contributed by atoms with E-state index in [-0.39, 0.29) is 0 Å². The number of H-pyrrole nitrogens is 1. The van der Waals surface area contributed by atoms with Gasteiger partial charge in [-0.15, -0.1) is 0 Å². The maximum atomic E-state index is 12.3. The van der Waals surface area contributed by atoms with E-state index in [9.17, 15) is 4.79 Å². The molecule has 0 saturated carbocycles. The van der Waals surface area contributed by atoms with Gasteiger partial charge in [-0.1, -0.05) is 0 Å². The first-order valence-corrected chi connectivity index (χ1v) is 8.42. The lowest BCUT2D eigenvalue weighted by molar-refractivity contribution is -0.133. The van der Waals surface area contributed by atoms with Crippen molar-refractivity contribution < 1.29 is 4.79 Å². The highest BCUT2D eigenvalue weighted by molar-refractivity contribution is 5.78. The molecule has 0 aliphatic carbocycles. The fourth-order valence-corrected chi connectivity index (χ4v) is 3.58. The van der Waals surface area contributed by atoms with Crippen molar-refractivity contribution in [1.82, 2.24) is 20.0 Å². The number of piperidine rings is 1. The van der Waals surface area contributed by atoms with Crippen LogP contribution in [0.2, 0.25) is 0 Å². The Morgan fingerprint density at radius 1 is 1.05 bits per heavy atom. The quantitative estimate of drug-likeness (QED) is 0.910. The average Bonchev–Trinajstić information content (AvgIpc) is 2.88. The van der Waals surface area contributed by atoms with Crippen molar-refractivity contribution in [3.8, 4) is 0 Å². The van der Waals surface area contributed by atoms with Crippen molar-refractivity contribution in [3.63, 3.8) is 0 Å². The van der Waals surface area contributed by atoms with Crippen molar-refractivity contribution in [2.24, 2.45) is 0 Å². The molecule has 2 aliphatic heterocycles. The van der Waals surface area contributed by atoms with Gasteiger partial charge in [-0.3, -0.25) is 14.8 Å². The van der Waals surface area contributed by atoms with Crippen LogP contribution in [0, 0.1) is 13.8 Å². The minimum absolute atomic E-state index is 0.309. The minimum atomic E-state index is 0.309. The predicted octanol–water partition coefficient (Wildman–Crippen LogP) is 1.16. The van der Waals surface area contributed by atoms with E-state index in [1.54, 1.807) is 0 Å². The maximum absolute atomic E-state index is 12.3. The van der Waals surface area contributed by atoms with Crippen molar-refractivity contribution in [2.45, 2.75) is 33.1 Å². The average molecular weight is 305 g/mol. The van der Waals surface area contributed by atoms with E-state index in [0.717, 1.165) is 50.7 Å². The summed E-state index contributed by atoms with van der Waals surface area (Å²) in [4.78, 5) is 19.1. The molecule has 0 spiro atoms. The van der Waals surface area contributed by atoms with Gasteiger partial charge in [0.05, 0.1) is 23.6 Å². The van der Waals surface area contributed by atoms with Crippen LogP contribution in [0.25, 0.3) is 0 Å². The number of aromatic amines is 1. The number of hydrogen-bond donors (Lipinski definition) is 1. The number of piperazine rings is 1. The van der Waals surface area contributed by atoms with Gasteiger partial charge < -0.3 is 9.80 Å². The molecular weight excluding hydrogens is 278 g/mol. The topological polar surface area (TPSA) is 55.5 Å². The first kappa shape index (κ1) is 15.3. The molecule has 0 bridgehead atoms. The normalized spacial score (nSPS) is 20.5. The predicted molar refractivity (Wildman–Crippen MR) is 87.1 cm³/mol. The summed E-state index contributed by atoms with van der Waals surface area (Å²) in [5.74, 6) is 0.309. The summed E-state index contributed by atoms with van der Waals surface area (Å²) in [5.41, 5.74) is 3.44. The second kappa shape index (κ2) is 6.69. The molecule has 0 aromatic carbocycles. The fourth-order valence-electron chi connectivity index (χ4n) is 3.58. The van der Waals surface area contributed by atoms with Crippen LogP contribution in [0.15, 0.2) is 0 Å². The Balaban J connectivity index is 1.50. The van der Waals surface area contributed by atoms with Gasteiger partial charge in [-0.05, 0) is 33.1 Å². The smallest absolute Gasteiger partial charge is 0.236 e. The van der Waals surface area contributed by atoms with Gasteiger partial charge in [0, 0.05) is 39.3 Å². The number of rotatable bonds is 3. The number of likely N-dealkylation sites (tertiary alicyclic amines) is 1. The molecule has 0 atom stereocenters. The summed E-state index contributed by atoms with van der Waals surface area (Å²) in [5, 5.41) is 7.33. The third kappa shape index (κ3) is 3.27. The molecule has 2 fully saturated rings. The Bertz CT molecular complexity index is 493. The van der Waals surface area contributed by atoms with Crippen LogP contribution >= 0.6 is 0 Å². The molecule has 2 aliphatic rings. The van der Waals surface area contributed by atoms with Gasteiger partial charge in [0.15, 0.2) is 0 Å². The van der Waals surface area contributed by atoms with Crippen molar-refractivity contribution >= 4 is 11.6 Å². The van der Waals surface area contributed by atoms with Crippen LogP contribution in [0.4, 0.5) is 5.69 Å². The molecule has 6 heteroatoms. The molecule has 122 valence electrons. The first-order chi connectivity index (χ1) is 10.6. The first-order valence-electron chi connectivity index (χ1n) is 8.42. The summed E-state index contributed by atoms with van der Waals surface area (Å²) in [6, 6.07) is 0. The molecule has 1 aromatic heterocycles. The molecule has 6 nitrogen and oxygen atoms in total. The van der Waals surface area contributed by atoms with Crippen molar-refractivity contribution in [3.05, 3.63) is 11.4 Å². The molecule has 2 saturated heterocycles. The van der Waals surface area contributed by atoms with Crippen molar-refractivity contribution in [2.75, 3.05) is 50.7 Å². The van der Waals surface area contributed by atoms with Crippen LogP contribution in [-0.4, -0.2) is 71.7 Å². The molecule has 1 aromatic rings. The fraction of sp³-hybridized carbons (Fsp3) is 0.750. The number of amides is 1. The van der Waals surface area contributed by atoms with Gasteiger partial charge in [-0.2, -0.15) is 5.10 Å². The van der Waals surface area contributed by atoms with E-state index < -0.39 is 0 Å². The number of nitrogens with zero attached hydrogens (tertiary/aromatic N) is 4. The number of aryl methyl sites for hydroxylation is 2. The number of nitrogens with one attached hydrogen (secondary N) is 1. The number of carbonyl (C=O) groups excluding carboxylic acids is 1. The third-order valence-electron chi connectivity index (χ3n) is 4.85. The highest BCUT2D eigenvalue weighted by atomic mass is 16.2. The zero-order chi connectivity index (χ0) is 15.5. The van der Waals surface area contributed by atoms with Gasteiger partial charge in [0.1, 0.15) is 0 Å². The lowest BCUT2D eigenvalue weighted by Crippen LogP contribution is -2.50. The van der Waals surface area contributed by atoms with E-state index in [4.69, 9.17) is 0 Å². The molecule has 0 unspecified atom stereocenters. The van der Waals surface area contributed by atoms with Crippen LogP contribution in [-0.2, 0) is 4.79 Å². The van der Waals surface area contributed by atoms with Crippen LogP contribution in [0.5, 0.6) is 0 Å². The third-order valence-corrected chi connectivity index (χ3v) is 4.85. The number of aromatic nitrogens is 2. The molecule has 22 heavy (non-hydrogen) atoms. The van der Waals surface area contributed by atoms with Crippen molar-refractivity contribution in [1.29, 1.82) is 0 Å². The van der Waals surface area contributed by atoms with Gasteiger partial charge in [0.25, 0.3) is 0 Å². The van der Waals surface area contributed by atoms with E-state index in [1.807, 2.05) is 11.8 Å². The van der Waals surface area contributed by atoms with E-state index >= 15 is 0 Å². The van der Waals surface area contributed by atoms with Crippen LogP contribution in [0.3, 0.4) is 0 Å². The Labute approximate surface area is 132 Å². The highest BCUT2D eigenvalue weighted by Gasteiger charge is 2.24. The molecule has 0 radical (unpaired) electrons. The standard InChI is InChI=1S/C16H27N5O/c1-13-16(14(2)18-17-13)21-10-8-19(9-11-21)12-15(22)20-6-4-3-5-7-20/h3-12H2,1-2H3,(H,17,18). The lowest BCUT2D eigenvalue weighted by atomic mass is 10.1. The van der Waals surface area contributed by atoms with E-state index in [2.05, 4.69) is 26.9 Å². The molecule has 1 N–H and O–H groups in total. The zero-order valence-corrected chi connectivity index (χ0v) is 13.8. The second-order valence-electron chi connectivity index (χ2n) is 6.49. The largest absolute Gasteiger partial charge is 0.366 e. The van der Waals surface area contributed by atoms with Gasteiger partial charge in [0.2, 0.25) is 5.91 Å².